The third kappa shape index (κ3) is 3.45. The molecule has 2 rings (SSSR count). The zero-order chi connectivity index (χ0) is 11.2. The van der Waals surface area contributed by atoms with Crippen LogP contribution in [0.2, 0.25) is 0 Å². The van der Waals surface area contributed by atoms with Crippen LogP contribution in [0.5, 0.6) is 0 Å². The molecule has 86 valence electrons. The molecular weight excluding hydrogens is 218 g/mol. The average Bonchev–Trinajstić information content (AvgIpc) is 2.81. The Morgan fingerprint density at radius 1 is 1.44 bits per heavy atom. The van der Waals surface area contributed by atoms with Crippen molar-refractivity contribution in [3.63, 3.8) is 0 Å². The zero-order valence-corrected chi connectivity index (χ0v) is 10.0. The van der Waals surface area contributed by atoms with E-state index in [2.05, 4.69) is 22.4 Å². The topological polar surface area (TPSA) is 50.4 Å². The van der Waals surface area contributed by atoms with Gasteiger partial charge in [0.25, 0.3) is 0 Å². The normalized spacial score (nSPS) is 21.0. The van der Waals surface area contributed by atoms with Gasteiger partial charge in [-0.2, -0.15) is 11.8 Å². The highest BCUT2D eigenvalue weighted by Gasteiger charge is 2.15. The monoisotopic (exact) mass is 235 g/mol. The first kappa shape index (κ1) is 11.3. The predicted molar refractivity (Wildman–Crippen MR) is 70.6 cm³/mol. The van der Waals surface area contributed by atoms with Crippen LogP contribution < -0.4 is 11.1 Å². The van der Waals surface area contributed by atoms with Crippen LogP contribution in [0.1, 0.15) is 12.0 Å². The van der Waals surface area contributed by atoms with Crippen LogP contribution in [-0.2, 0) is 6.54 Å². The van der Waals surface area contributed by atoms with E-state index in [1.54, 1.807) is 0 Å². The molecule has 1 aromatic carbocycles. The molecule has 1 aromatic rings. The molecule has 0 radical (unpaired) electrons. The number of aliphatic imine (C=N–C) groups is 1. The van der Waals surface area contributed by atoms with E-state index in [1.165, 1.54) is 17.7 Å². The molecule has 1 fully saturated rings. The Morgan fingerprint density at radius 3 is 2.94 bits per heavy atom. The van der Waals surface area contributed by atoms with Crippen molar-refractivity contribution >= 4 is 17.7 Å². The largest absolute Gasteiger partial charge is 0.370 e. The first-order chi connectivity index (χ1) is 7.84. The highest BCUT2D eigenvalue weighted by molar-refractivity contribution is 7.99. The lowest BCUT2D eigenvalue weighted by atomic mass is 10.2. The summed E-state index contributed by atoms with van der Waals surface area (Å²) < 4.78 is 0. The van der Waals surface area contributed by atoms with E-state index in [9.17, 15) is 0 Å². The van der Waals surface area contributed by atoms with Crippen LogP contribution in [0.3, 0.4) is 0 Å². The second kappa shape index (κ2) is 5.80. The van der Waals surface area contributed by atoms with Crippen LogP contribution in [0.25, 0.3) is 0 Å². The number of rotatable bonds is 3. The Morgan fingerprint density at radius 2 is 2.25 bits per heavy atom. The van der Waals surface area contributed by atoms with Gasteiger partial charge in [0, 0.05) is 11.8 Å². The van der Waals surface area contributed by atoms with Gasteiger partial charge in [0.2, 0.25) is 0 Å². The van der Waals surface area contributed by atoms with Crippen molar-refractivity contribution in [3.05, 3.63) is 35.9 Å². The number of benzene rings is 1. The molecule has 0 bridgehead atoms. The summed E-state index contributed by atoms with van der Waals surface area (Å²) >= 11 is 1.97. The molecule has 1 aliphatic heterocycles. The van der Waals surface area contributed by atoms with Crippen molar-refractivity contribution < 1.29 is 0 Å². The van der Waals surface area contributed by atoms with Crippen LogP contribution in [-0.4, -0.2) is 23.5 Å². The van der Waals surface area contributed by atoms with Crippen molar-refractivity contribution in [2.75, 3.05) is 11.5 Å². The van der Waals surface area contributed by atoms with Gasteiger partial charge in [-0.25, -0.2) is 4.99 Å². The maximum atomic E-state index is 5.83. The SMILES string of the molecule is NC(=NCc1ccccc1)NC1CCSC1. The predicted octanol–water partition coefficient (Wildman–Crippen LogP) is 1.60. The fraction of sp³-hybridized carbons (Fsp3) is 0.417. The zero-order valence-electron chi connectivity index (χ0n) is 9.23. The number of hydrogen-bond acceptors (Lipinski definition) is 2. The molecule has 16 heavy (non-hydrogen) atoms. The Labute approximate surface area is 101 Å². The van der Waals surface area contributed by atoms with E-state index in [0.717, 1.165) is 5.75 Å². The lowest BCUT2D eigenvalue weighted by molar-refractivity contribution is 0.671. The molecule has 0 aromatic heterocycles. The fourth-order valence-electron chi connectivity index (χ4n) is 1.66. The number of thioether (sulfide) groups is 1. The summed E-state index contributed by atoms with van der Waals surface area (Å²) in [5, 5.41) is 3.26. The van der Waals surface area contributed by atoms with E-state index in [1.807, 2.05) is 30.0 Å². The number of hydrogen-bond donors (Lipinski definition) is 2. The smallest absolute Gasteiger partial charge is 0.189 e. The maximum absolute atomic E-state index is 5.83. The second-order valence-electron chi connectivity index (χ2n) is 3.89. The molecule has 0 saturated carbocycles. The summed E-state index contributed by atoms with van der Waals surface area (Å²) in [6.07, 6.45) is 1.19. The molecule has 0 aliphatic carbocycles. The third-order valence-electron chi connectivity index (χ3n) is 2.56. The van der Waals surface area contributed by atoms with Crippen LogP contribution >= 0.6 is 11.8 Å². The van der Waals surface area contributed by atoms with Crippen molar-refractivity contribution in [3.8, 4) is 0 Å². The van der Waals surface area contributed by atoms with Gasteiger partial charge in [-0.05, 0) is 17.7 Å². The third-order valence-corrected chi connectivity index (χ3v) is 3.72. The molecule has 4 heteroatoms. The van der Waals surface area contributed by atoms with E-state index < -0.39 is 0 Å². The summed E-state index contributed by atoms with van der Waals surface area (Å²) in [5.41, 5.74) is 7.02. The first-order valence-corrected chi connectivity index (χ1v) is 6.68. The van der Waals surface area contributed by atoms with Crippen molar-refractivity contribution in [1.82, 2.24) is 5.32 Å². The van der Waals surface area contributed by atoms with Gasteiger partial charge in [-0.1, -0.05) is 30.3 Å². The van der Waals surface area contributed by atoms with Gasteiger partial charge in [-0.15, -0.1) is 0 Å². The van der Waals surface area contributed by atoms with E-state index in [4.69, 9.17) is 5.73 Å². The summed E-state index contributed by atoms with van der Waals surface area (Å²) in [4.78, 5) is 4.33. The molecular formula is C12H17N3S. The van der Waals surface area contributed by atoms with Crippen molar-refractivity contribution in [2.24, 2.45) is 10.7 Å². The van der Waals surface area contributed by atoms with Gasteiger partial charge in [0.05, 0.1) is 6.54 Å². The number of nitrogens with two attached hydrogens (primary N) is 1. The summed E-state index contributed by atoms with van der Waals surface area (Å²) in [5.74, 6) is 2.93. The fourth-order valence-corrected chi connectivity index (χ4v) is 2.82. The van der Waals surface area contributed by atoms with Gasteiger partial charge in [0.15, 0.2) is 5.96 Å². The quantitative estimate of drug-likeness (QED) is 0.618. The van der Waals surface area contributed by atoms with Gasteiger partial charge in [0.1, 0.15) is 0 Å². The summed E-state index contributed by atoms with van der Waals surface area (Å²) in [7, 11) is 0. The molecule has 3 N–H and O–H groups in total. The van der Waals surface area contributed by atoms with Crippen LogP contribution in [0.4, 0.5) is 0 Å². The lowest BCUT2D eigenvalue weighted by Gasteiger charge is -2.11. The number of nitrogens with zero attached hydrogens (tertiary/aromatic N) is 1. The standard InChI is InChI=1S/C12H17N3S/c13-12(15-11-6-7-16-9-11)14-8-10-4-2-1-3-5-10/h1-5,11H,6-9H2,(H3,13,14,15). The average molecular weight is 235 g/mol. The van der Waals surface area contributed by atoms with E-state index >= 15 is 0 Å². The maximum Gasteiger partial charge on any atom is 0.189 e. The van der Waals surface area contributed by atoms with Crippen molar-refractivity contribution in [2.45, 2.75) is 19.0 Å². The Balaban J connectivity index is 1.82. The highest BCUT2D eigenvalue weighted by atomic mass is 32.2. The Bertz CT molecular complexity index is 345. The Hall–Kier alpha value is -1.16. The second-order valence-corrected chi connectivity index (χ2v) is 5.04. The van der Waals surface area contributed by atoms with Crippen LogP contribution in [0.15, 0.2) is 35.3 Å². The van der Waals surface area contributed by atoms with Gasteiger partial charge < -0.3 is 11.1 Å². The molecule has 1 aliphatic rings. The number of guanidine groups is 1. The van der Waals surface area contributed by atoms with Crippen molar-refractivity contribution in [1.29, 1.82) is 0 Å². The minimum atomic E-state index is 0.504. The summed E-state index contributed by atoms with van der Waals surface area (Å²) in [6.45, 7) is 0.652. The van der Waals surface area contributed by atoms with E-state index in [-0.39, 0.29) is 0 Å². The molecule has 3 nitrogen and oxygen atoms in total. The molecule has 0 amide bonds. The summed E-state index contributed by atoms with van der Waals surface area (Å²) in [6, 6.07) is 10.7. The van der Waals surface area contributed by atoms with E-state index in [0.29, 0.717) is 18.5 Å². The lowest BCUT2D eigenvalue weighted by Crippen LogP contribution is -2.40. The van der Waals surface area contributed by atoms with Gasteiger partial charge >= 0.3 is 0 Å². The minimum absolute atomic E-state index is 0.504. The first-order valence-electron chi connectivity index (χ1n) is 5.53. The molecule has 1 atom stereocenters. The Kier molecular flexibility index (Phi) is 4.10. The molecule has 1 heterocycles. The molecule has 1 unspecified atom stereocenters. The van der Waals surface area contributed by atoms with Crippen LogP contribution in [0, 0.1) is 0 Å². The number of nitrogens with one attached hydrogen (secondary N) is 1. The highest BCUT2D eigenvalue weighted by Crippen LogP contribution is 2.16. The minimum Gasteiger partial charge on any atom is -0.370 e. The molecule has 0 spiro atoms. The van der Waals surface area contributed by atoms with Gasteiger partial charge in [-0.3, -0.25) is 0 Å². The molecule has 1 saturated heterocycles.